The lowest BCUT2D eigenvalue weighted by Gasteiger charge is -2.33. The van der Waals surface area contributed by atoms with Crippen molar-refractivity contribution >= 4 is 0 Å². The van der Waals surface area contributed by atoms with Crippen LogP contribution in [0.3, 0.4) is 0 Å². The Labute approximate surface area is 118 Å². The molecule has 1 saturated carbocycles. The lowest BCUT2D eigenvalue weighted by atomic mass is 9.79. The molecule has 3 unspecified atom stereocenters. The van der Waals surface area contributed by atoms with Gasteiger partial charge in [0.15, 0.2) is 0 Å². The first kappa shape index (κ1) is 15.3. The molecule has 2 N–H and O–H groups in total. The lowest BCUT2D eigenvalue weighted by molar-refractivity contribution is -0.0701. The summed E-state index contributed by atoms with van der Waals surface area (Å²) >= 11 is 0. The van der Waals surface area contributed by atoms with Crippen molar-refractivity contribution < 1.29 is 9.84 Å². The van der Waals surface area contributed by atoms with E-state index in [4.69, 9.17) is 4.74 Å². The maximum atomic E-state index is 9.49. The number of ether oxygens (including phenoxy) is 1. The third kappa shape index (κ3) is 3.71. The van der Waals surface area contributed by atoms with Crippen molar-refractivity contribution in [1.29, 1.82) is 0 Å². The normalized spacial score (nSPS) is 37.4. The van der Waals surface area contributed by atoms with Crippen molar-refractivity contribution in [1.82, 2.24) is 5.32 Å². The summed E-state index contributed by atoms with van der Waals surface area (Å²) in [4.78, 5) is 0. The fourth-order valence-electron chi connectivity index (χ4n) is 3.97. The lowest BCUT2D eigenvalue weighted by Crippen LogP contribution is -2.46. The highest BCUT2D eigenvalue weighted by atomic mass is 16.5. The molecule has 1 saturated heterocycles. The van der Waals surface area contributed by atoms with Crippen molar-refractivity contribution in [3.05, 3.63) is 0 Å². The number of hydrogen-bond acceptors (Lipinski definition) is 3. The monoisotopic (exact) mass is 269 g/mol. The van der Waals surface area contributed by atoms with E-state index in [9.17, 15) is 5.11 Å². The van der Waals surface area contributed by atoms with Crippen molar-refractivity contribution in [3.63, 3.8) is 0 Å². The minimum absolute atomic E-state index is 0.0237. The second kappa shape index (κ2) is 5.71. The maximum Gasteiger partial charge on any atom is 0.0787 e. The summed E-state index contributed by atoms with van der Waals surface area (Å²) in [6, 6.07) is 0.420. The summed E-state index contributed by atoms with van der Waals surface area (Å²) in [7, 11) is 0. The van der Waals surface area contributed by atoms with Crippen LogP contribution in [0.2, 0.25) is 0 Å². The van der Waals surface area contributed by atoms with E-state index in [1.54, 1.807) is 0 Å². The van der Waals surface area contributed by atoms with Gasteiger partial charge in [0.05, 0.1) is 11.2 Å². The SMILES string of the molecule is CC1(C)CC(NCC2CCCCC2CO)C(C)(C)O1. The predicted octanol–water partition coefficient (Wildman–Crippen LogP) is 2.72. The average molecular weight is 269 g/mol. The van der Waals surface area contributed by atoms with Gasteiger partial charge in [-0.2, -0.15) is 0 Å². The van der Waals surface area contributed by atoms with Gasteiger partial charge in [-0.3, -0.25) is 0 Å². The van der Waals surface area contributed by atoms with Gasteiger partial charge < -0.3 is 15.2 Å². The summed E-state index contributed by atoms with van der Waals surface area (Å²) in [5.41, 5.74) is -0.114. The molecule has 0 amide bonds. The highest BCUT2D eigenvalue weighted by molar-refractivity contribution is 4.99. The van der Waals surface area contributed by atoms with Crippen LogP contribution in [0.5, 0.6) is 0 Å². The third-order valence-electron chi connectivity index (χ3n) is 5.00. The molecule has 0 aromatic rings. The van der Waals surface area contributed by atoms with Crippen molar-refractivity contribution in [2.24, 2.45) is 11.8 Å². The number of nitrogens with one attached hydrogen (secondary N) is 1. The van der Waals surface area contributed by atoms with Crippen LogP contribution in [0, 0.1) is 11.8 Å². The van der Waals surface area contributed by atoms with Gasteiger partial charge in [0.1, 0.15) is 0 Å². The van der Waals surface area contributed by atoms with Crippen molar-refractivity contribution in [3.8, 4) is 0 Å². The standard InChI is InChI=1S/C16H31NO2/c1-15(2)9-14(16(3,4)19-15)17-10-12-7-5-6-8-13(12)11-18/h12-14,17-18H,5-11H2,1-4H3. The van der Waals surface area contributed by atoms with Crippen LogP contribution in [0.15, 0.2) is 0 Å². The second-order valence-corrected chi connectivity index (χ2v) is 7.62. The number of aliphatic hydroxyl groups excluding tert-OH is 1. The van der Waals surface area contributed by atoms with Gasteiger partial charge in [0, 0.05) is 12.6 Å². The summed E-state index contributed by atoms with van der Waals surface area (Å²) in [5, 5.41) is 13.2. The zero-order valence-electron chi connectivity index (χ0n) is 13.0. The van der Waals surface area contributed by atoms with Crippen molar-refractivity contribution in [2.45, 2.75) is 77.0 Å². The molecule has 1 aliphatic heterocycles. The van der Waals surface area contributed by atoms with Crippen LogP contribution in [-0.2, 0) is 4.74 Å². The Balaban J connectivity index is 1.88. The van der Waals surface area contributed by atoms with Gasteiger partial charge in [0.2, 0.25) is 0 Å². The van der Waals surface area contributed by atoms with Crippen LogP contribution in [0.25, 0.3) is 0 Å². The molecule has 0 aromatic heterocycles. The smallest absolute Gasteiger partial charge is 0.0787 e. The summed E-state index contributed by atoms with van der Waals surface area (Å²) in [5.74, 6) is 1.14. The fraction of sp³-hybridized carbons (Fsp3) is 1.00. The minimum Gasteiger partial charge on any atom is -0.396 e. The van der Waals surface area contributed by atoms with E-state index in [2.05, 4.69) is 33.0 Å². The molecule has 2 rings (SSSR count). The first-order chi connectivity index (χ1) is 8.84. The molecule has 0 spiro atoms. The van der Waals surface area contributed by atoms with E-state index in [-0.39, 0.29) is 11.2 Å². The number of hydrogen-bond donors (Lipinski definition) is 2. The first-order valence-corrected chi connectivity index (χ1v) is 7.88. The molecule has 1 aliphatic carbocycles. The van der Waals surface area contributed by atoms with E-state index in [0.717, 1.165) is 13.0 Å². The Hall–Kier alpha value is -0.120. The zero-order chi connectivity index (χ0) is 14.1. The summed E-state index contributed by atoms with van der Waals surface area (Å²) in [6.07, 6.45) is 6.12. The van der Waals surface area contributed by atoms with Crippen LogP contribution in [-0.4, -0.2) is 35.5 Å². The Morgan fingerprint density at radius 2 is 1.74 bits per heavy atom. The van der Waals surface area contributed by atoms with E-state index in [0.29, 0.717) is 24.5 Å². The highest BCUT2D eigenvalue weighted by Gasteiger charge is 2.45. The molecule has 19 heavy (non-hydrogen) atoms. The molecule has 3 atom stereocenters. The molecule has 0 radical (unpaired) electrons. The van der Waals surface area contributed by atoms with Gasteiger partial charge >= 0.3 is 0 Å². The molecular weight excluding hydrogens is 238 g/mol. The third-order valence-corrected chi connectivity index (χ3v) is 5.00. The van der Waals surface area contributed by atoms with E-state index >= 15 is 0 Å². The maximum absolute atomic E-state index is 9.49. The predicted molar refractivity (Wildman–Crippen MR) is 78.2 cm³/mol. The van der Waals surface area contributed by atoms with Crippen LogP contribution >= 0.6 is 0 Å². The van der Waals surface area contributed by atoms with Crippen LogP contribution in [0.4, 0.5) is 0 Å². The molecule has 1 heterocycles. The number of aliphatic hydroxyl groups is 1. The Kier molecular flexibility index (Phi) is 4.59. The van der Waals surface area contributed by atoms with Gasteiger partial charge in [-0.25, -0.2) is 0 Å². The van der Waals surface area contributed by atoms with Crippen LogP contribution in [0.1, 0.15) is 59.8 Å². The first-order valence-electron chi connectivity index (χ1n) is 7.88. The average Bonchev–Trinajstić information content (AvgIpc) is 2.54. The largest absolute Gasteiger partial charge is 0.396 e. The van der Waals surface area contributed by atoms with E-state index < -0.39 is 0 Å². The van der Waals surface area contributed by atoms with Gasteiger partial charge in [-0.05, 0) is 65.3 Å². The molecule has 0 aromatic carbocycles. The van der Waals surface area contributed by atoms with E-state index in [1.807, 2.05) is 0 Å². The van der Waals surface area contributed by atoms with E-state index in [1.165, 1.54) is 25.7 Å². The Morgan fingerprint density at radius 3 is 2.26 bits per heavy atom. The number of rotatable bonds is 4. The summed E-state index contributed by atoms with van der Waals surface area (Å²) in [6.45, 7) is 10.1. The topological polar surface area (TPSA) is 41.5 Å². The molecule has 3 nitrogen and oxygen atoms in total. The molecule has 3 heteroatoms. The zero-order valence-corrected chi connectivity index (χ0v) is 13.0. The Bertz CT molecular complexity index is 301. The van der Waals surface area contributed by atoms with Crippen LogP contribution < -0.4 is 5.32 Å². The molecule has 0 bridgehead atoms. The van der Waals surface area contributed by atoms with Crippen molar-refractivity contribution in [2.75, 3.05) is 13.2 Å². The molecular formula is C16H31NO2. The fourth-order valence-corrected chi connectivity index (χ4v) is 3.97. The second-order valence-electron chi connectivity index (χ2n) is 7.62. The Morgan fingerprint density at radius 1 is 1.11 bits per heavy atom. The molecule has 112 valence electrons. The van der Waals surface area contributed by atoms with Gasteiger partial charge in [-0.15, -0.1) is 0 Å². The quantitative estimate of drug-likeness (QED) is 0.824. The summed E-state index contributed by atoms with van der Waals surface area (Å²) < 4.78 is 6.13. The minimum atomic E-state index is -0.0904. The highest BCUT2D eigenvalue weighted by Crippen LogP contribution is 2.38. The van der Waals surface area contributed by atoms with Gasteiger partial charge in [0.25, 0.3) is 0 Å². The van der Waals surface area contributed by atoms with Gasteiger partial charge in [-0.1, -0.05) is 12.8 Å². The molecule has 2 aliphatic rings. The molecule has 2 fully saturated rings.